The summed E-state index contributed by atoms with van der Waals surface area (Å²) < 4.78 is 6.71. The van der Waals surface area contributed by atoms with Gasteiger partial charge in [0.1, 0.15) is 24.0 Å². The molecule has 1 amide bonds. The van der Waals surface area contributed by atoms with Crippen molar-refractivity contribution in [2.24, 2.45) is 0 Å². The van der Waals surface area contributed by atoms with E-state index in [9.17, 15) is 9.59 Å². The van der Waals surface area contributed by atoms with Crippen molar-refractivity contribution >= 4 is 17.0 Å². The van der Waals surface area contributed by atoms with Crippen LogP contribution in [0.5, 0.6) is 0 Å². The van der Waals surface area contributed by atoms with Crippen LogP contribution in [0.1, 0.15) is 31.1 Å². The lowest BCUT2D eigenvalue weighted by molar-refractivity contribution is -0.121. The maximum Gasteiger partial charge on any atom is 0.265 e. The van der Waals surface area contributed by atoms with E-state index < -0.39 is 0 Å². The Morgan fingerprint density at radius 2 is 2.20 bits per heavy atom. The van der Waals surface area contributed by atoms with Crippen LogP contribution in [0.4, 0.5) is 0 Å². The van der Waals surface area contributed by atoms with E-state index in [1.54, 1.807) is 6.92 Å². The van der Waals surface area contributed by atoms with Crippen LogP contribution in [0, 0.1) is 13.8 Å². The Labute approximate surface area is 116 Å². The number of fused-ring (bicyclic) bond motifs is 1. The van der Waals surface area contributed by atoms with Crippen LogP contribution in [0.3, 0.4) is 0 Å². The molecule has 0 saturated carbocycles. The van der Waals surface area contributed by atoms with Gasteiger partial charge in [0.2, 0.25) is 11.6 Å². The summed E-state index contributed by atoms with van der Waals surface area (Å²) in [6, 6.07) is 0. The predicted molar refractivity (Wildman–Crippen MR) is 75.7 cm³/mol. The van der Waals surface area contributed by atoms with Gasteiger partial charge >= 0.3 is 0 Å². The number of nitrogens with zero attached hydrogens (tertiary/aromatic N) is 2. The van der Waals surface area contributed by atoms with Crippen LogP contribution < -0.4 is 10.9 Å². The summed E-state index contributed by atoms with van der Waals surface area (Å²) in [5.41, 5.74) is 0.862. The van der Waals surface area contributed by atoms with E-state index in [-0.39, 0.29) is 18.0 Å². The Balaban J connectivity index is 2.23. The zero-order chi connectivity index (χ0) is 14.7. The molecule has 20 heavy (non-hydrogen) atoms. The van der Waals surface area contributed by atoms with Crippen molar-refractivity contribution in [3.8, 4) is 0 Å². The molecule has 6 heteroatoms. The Morgan fingerprint density at radius 1 is 1.45 bits per heavy atom. The van der Waals surface area contributed by atoms with E-state index >= 15 is 0 Å². The first kappa shape index (κ1) is 14.3. The summed E-state index contributed by atoms with van der Waals surface area (Å²) in [5.74, 6) is 0.495. The molecule has 108 valence electrons. The monoisotopic (exact) mass is 277 g/mol. The van der Waals surface area contributed by atoms with E-state index in [0.29, 0.717) is 23.4 Å². The van der Waals surface area contributed by atoms with Gasteiger partial charge in [-0.25, -0.2) is 4.98 Å². The van der Waals surface area contributed by atoms with Crippen LogP contribution in [-0.2, 0) is 11.3 Å². The number of hydrogen-bond donors (Lipinski definition) is 1. The van der Waals surface area contributed by atoms with E-state index in [0.717, 1.165) is 18.4 Å². The minimum Gasteiger partial charge on any atom is -0.443 e. The number of amides is 1. The maximum absolute atomic E-state index is 12.3. The van der Waals surface area contributed by atoms with Crippen molar-refractivity contribution in [3.05, 3.63) is 28.0 Å². The molecule has 2 aromatic heterocycles. The number of aromatic nitrogens is 2. The summed E-state index contributed by atoms with van der Waals surface area (Å²) in [6.45, 7) is 6.27. The van der Waals surface area contributed by atoms with Gasteiger partial charge in [0.25, 0.3) is 5.56 Å². The highest BCUT2D eigenvalue weighted by Gasteiger charge is 2.14. The number of carbonyl (C=O) groups is 1. The van der Waals surface area contributed by atoms with Gasteiger partial charge < -0.3 is 9.73 Å². The molecule has 0 spiro atoms. The first-order chi connectivity index (χ1) is 9.54. The number of unbranched alkanes of at least 4 members (excludes halogenated alkanes) is 1. The van der Waals surface area contributed by atoms with Crippen molar-refractivity contribution in [2.45, 2.75) is 40.2 Å². The van der Waals surface area contributed by atoms with Gasteiger partial charge in [0.15, 0.2) is 0 Å². The fourth-order valence-corrected chi connectivity index (χ4v) is 2.00. The van der Waals surface area contributed by atoms with Crippen molar-refractivity contribution < 1.29 is 9.21 Å². The lowest BCUT2D eigenvalue weighted by atomic mass is 10.2. The van der Waals surface area contributed by atoms with Crippen LogP contribution in [0.25, 0.3) is 11.1 Å². The third-order valence-corrected chi connectivity index (χ3v) is 3.32. The topological polar surface area (TPSA) is 77.1 Å². The normalized spacial score (nSPS) is 10.9. The van der Waals surface area contributed by atoms with Crippen molar-refractivity contribution in [1.82, 2.24) is 14.9 Å². The standard InChI is InChI=1S/C14H19N3O3/c1-4-5-6-15-11(18)7-17-8-16-13-12(14(17)19)9(2)10(3)20-13/h8H,4-7H2,1-3H3,(H,15,18). The molecule has 2 aromatic rings. The van der Waals surface area contributed by atoms with Crippen LogP contribution in [0.15, 0.2) is 15.5 Å². The van der Waals surface area contributed by atoms with Gasteiger partial charge in [0.05, 0.1) is 0 Å². The molecule has 0 unspecified atom stereocenters. The van der Waals surface area contributed by atoms with Crippen molar-refractivity contribution in [2.75, 3.05) is 6.54 Å². The molecule has 1 N–H and O–H groups in total. The SMILES string of the molecule is CCCCNC(=O)Cn1cnc2oc(C)c(C)c2c1=O. The first-order valence-corrected chi connectivity index (χ1v) is 6.76. The molecular formula is C14H19N3O3. The molecule has 6 nitrogen and oxygen atoms in total. The zero-order valence-electron chi connectivity index (χ0n) is 12.0. The molecule has 0 radical (unpaired) electrons. The highest BCUT2D eigenvalue weighted by atomic mass is 16.3. The fourth-order valence-electron chi connectivity index (χ4n) is 2.00. The molecule has 0 aromatic carbocycles. The lowest BCUT2D eigenvalue weighted by Crippen LogP contribution is -2.32. The highest BCUT2D eigenvalue weighted by molar-refractivity contribution is 5.79. The van der Waals surface area contributed by atoms with E-state index in [4.69, 9.17) is 4.42 Å². The Bertz CT molecular complexity index is 685. The van der Waals surface area contributed by atoms with Gasteiger partial charge in [-0.05, 0) is 20.3 Å². The average molecular weight is 277 g/mol. The number of hydrogen-bond acceptors (Lipinski definition) is 4. The van der Waals surface area contributed by atoms with Crippen molar-refractivity contribution in [1.29, 1.82) is 0 Å². The number of rotatable bonds is 5. The number of furan rings is 1. The number of nitrogens with one attached hydrogen (secondary N) is 1. The van der Waals surface area contributed by atoms with Crippen LogP contribution in [-0.4, -0.2) is 22.0 Å². The number of aryl methyl sites for hydroxylation is 2. The molecule has 0 aliphatic heterocycles. The highest BCUT2D eigenvalue weighted by Crippen LogP contribution is 2.18. The largest absolute Gasteiger partial charge is 0.443 e. The van der Waals surface area contributed by atoms with Gasteiger partial charge in [-0.1, -0.05) is 13.3 Å². The van der Waals surface area contributed by atoms with Crippen molar-refractivity contribution in [3.63, 3.8) is 0 Å². The van der Waals surface area contributed by atoms with Gasteiger partial charge in [-0.2, -0.15) is 0 Å². The second-order valence-electron chi connectivity index (χ2n) is 4.84. The molecule has 0 saturated heterocycles. The molecule has 2 rings (SSSR count). The Kier molecular flexibility index (Phi) is 4.22. The van der Waals surface area contributed by atoms with Gasteiger partial charge in [-0.15, -0.1) is 0 Å². The Morgan fingerprint density at radius 3 is 2.90 bits per heavy atom. The second kappa shape index (κ2) is 5.90. The predicted octanol–water partition coefficient (Wildman–Crippen LogP) is 1.52. The minimum atomic E-state index is -0.241. The zero-order valence-corrected chi connectivity index (χ0v) is 12.0. The first-order valence-electron chi connectivity index (χ1n) is 6.76. The molecule has 0 bridgehead atoms. The maximum atomic E-state index is 12.3. The summed E-state index contributed by atoms with van der Waals surface area (Å²) in [4.78, 5) is 28.1. The number of carbonyl (C=O) groups excluding carboxylic acids is 1. The molecule has 0 fully saturated rings. The summed E-state index contributed by atoms with van der Waals surface area (Å²) in [5, 5.41) is 3.23. The molecule has 0 aliphatic rings. The van der Waals surface area contributed by atoms with E-state index in [1.807, 2.05) is 6.92 Å². The summed E-state index contributed by atoms with van der Waals surface area (Å²) >= 11 is 0. The average Bonchev–Trinajstić information content (AvgIpc) is 2.70. The van der Waals surface area contributed by atoms with Gasteiger partial charge in [-0.3, -0.25) is 14.2 Å². The summed E-state index contributed by atoms with van der Waals surface area (Å²) in [6.07, 6.45) is 3.30. The fraction of sp³-hybridized carbons (Fsp3) is 0.500. The smallest absolute Gasteiger partial charge is 0.265 e. The third-order valence-electron chi connectivity index (χ3n) is 3.32. The quantitative estimate of drug-likeness (QED) is 0.841. The van der Waals surface area contributed by atoms with Crippen LogP contribution in [0.2, 0.25) is 0 Å². The summed E-state index contributed by atoms with van der Waals surface area (Å²) in [7, 11) is 0. The van der Waals surface area contributed by atoms with Crippen LogP contribution >= 0.6 is 0 Å². The molecule has 2 heterocycles. The molecular weight excluding hydrogens is 258 g/mol. The van der Waals surface area contributed by atoms with Gasteiger partial charge in [0, 0.05) is 12.1 Å². The lowest BCUT2D eigenvalue weighted by Gasteiger charge is -2.06. The molecule has 0 atom stereocenters. The minimum absolute atomic E-state index is 0.0187. The van der Waals surface area contributed by atoms with E-state index in [1.165, 1.54) is 10.9 Å². The van der Waals surface area contributed by atoms with E-state index in [2.05, 4.69) is 17.2 Å². The molecule has 0 aliphatic carbocycles. The third kappa shape index (κ3) is 2.74. The second-order valence-corrected chi connectivity index (χ2v) is 4.84. The Hall–Kier alpha value is -2.11.